The number of hydrogen-bond acceptors (Lipinski definition) is 3. The van der Waals surface area contributed by atoms with Gasteiger partial charge < -0.3 is 15.4 Å². The number of anilines is 1. The highest BCUT2D eigenvalue weighted by atomic mass is 19.1. The molecule has 6 heteroatoms. The van der Waals surface area contributed by atoms with Gasteiger partial charge in [-0.1, -0.05) is 12.1 Å². The molecule has 0 bridgehead atoms. The second-order valence-electron chi connectivity index (χ2n) is 7.30. The van der Waals surface area contributed by atoms with Crippen LogP contribution in [0.4, 0.5) is 10.1 Å². The van der Waals surface area contributed by atoms with Crippen molar-refractivity contribution < 1.29 is 18.7 Å². The van der Waals surface area contributed by atoms with Gasteiger partial charge in [0.05, 0.1) is 17.9 Å². The molecule has 2 N–H and O–H groups in total. The second-order valence-corrected chi connectivity index (χ2v) is 7.30. The van der Waals surface area contributed by atoms with Crippen molar-refractivity contribution in [2.45, 2.75) is 32.8 Å². The summed E-state index contributed by atoms with van der Waals surface area (Å²) in [6, 6.07) is 13.4. The second kappa shape index (κ2) is 8.87. The molecule has 2 aromatic carbocycles. The van der Waals surface area contributed by atoms with Crippen LogP contribution in [0.25, 0.3) is 0 Å². The fourth-order valence-corrected chi connectivity index (χ4v) is 3.01. The third-order valence-corrected chi connectivity index (χ3v) is 4.58. The number of ether oxygens (including phenoxy) is 1. The molecule has 0 saturated heterocycles. The molecule has 2 amide bonds. The van der Waals surface area contributed by atoms with Crippen molar-refractivity contribution in [1.82, 2.24) is 5.32 Å². The molecule has 1 fully saturated rings. The van der Waals surface area contributed by atoms with Gasteiger partial charge in [0, 0.05) is 12.2 Å². The van der Waals surface area contributed by atoms with E-state index in [9.17, 15) is 14.0 Å². The van der Waals surface area contributed by atoms with Crippen molar-refractivity contribution in [2.24, 2.45) is 11.8 Å². The molecule has 1 aliphatic rings. The van der Waals surface area contributed by atoms with Crippen molar-refractivity contribution in [3.63, 3.8) is 0 Å². The first kappa shape index (κ1) is 19.9. The SMILES string of the molecule is CC(C)Oc1ccc(NC(=O)C2CC2C(=O)NCCc2ccc(F)cc2)cc1. The number of nitrogens with one attached hydrogen (secondary N) is 2. The lowest BCUT2D eigenvalue weighted by molar-refractivity contribution is -0.125. The van der Waals surface area contributed by atoms with Crippen LogP contribution in [0.3, 0.4) is 0 Å². The van der Waals surface area contributed by atoms with Gasteiger partial charge in [0.15, 0.2) is 0 Å². The molecule has 28 heavy (non-hydrogen) atoms. The van der Waals surface area contributed by atoms with Crippen LogP contribution < -0.4 is 15.4 Å². The maximum absolute atomic E-state index is 12.9. The Morgan fingerprint density at radius 2 is 1.68 bits per heavy atom. The molecule has 5 nitrogen and oxygen atoms in total. The first-order valence-electron chi connectivity index (χ1n) is 9.52. The molecule has 148 valence electrons. The highest BCUT2D eigenvalue weighted by Gasteiger charge is 2.47. The van der Waals surface area contributed by atoms with Crippen LogP contribution in [0.2, 0.25) is 0 Å². The lowest BCUT2D eigenvalue weighted by Crippen LogP contribution is -2.29. The van der Waals surface area contributed by atoms with Crippen LogP contribution in [0.5, 0.6) is 5.75 Å². The number of amides is 2. The van der Waals surface area contributed by atoms with Gasteiger partial charge in [-0.25, -0.2) is 4.39 Å². The zero-order chi connectivity index (χ0) is 20.1. The largest absolute Gasteiger partial charge is 0.491 e. The number of benzene rings is 2. The molecule has 0 heterocycles. The molecule has 0 aromatic heterocycles. The molecule has 0 aliphatic heterocycles. The Balaban J connectivity index is 1.40. The molecule has 1 aliphatic carbocycles. The van der Waals surface area contributed by atoms with Gasteiger partial charge in [-0.3, -0.25) is 9.59 Å². The minimum absolute atomic E-state index is 0.0919. The first-order chi connectivity index (χ1) is 13.4. The monoisotopic (exact) mass is 384 g/mol. The molecular weight excluding hydrogens is 359 g/mol. The fourth-order valence-electron chi connectivity index (χ4n) is 3.01. The summed E-state index contributed by atoms with van der Waals surface area (Å²) in [4.78, 5) is 24.5. The summed E-state index contributed by atoms with van der Waals surface area (Å²) < 4.78 is 18.5. The van der Waals surface area contributed by atoms with E-state index in [1.165, 1.54) is 12.1 Å². The summed E-state index contributed by atoms with van der Waals surface area (Å²) in [6.07, 6.45) is 1.28. The van der Waals surface area contributed by atoms with Crippen molar-refractivity contribution in [2.75, 3.05) is 11.9 Å². The first-order valence-corrected chi connectivity index (χ1v) is 9.52. The third kappa shape index (κ3) is 5.55. The third-order valence-electron chi connectivity index (χ3n) is 4.58. The van der Waals surface area contributed by atoms with Crippen LogP contribution in [0, 0.1) is 17.7 Å². The number of halogens is 1. The van der Waals surface area contributed by atoms with Crippen LogP contribution in [-0.2, 0) is 16.0 Å². The molecule has 0 spiro atoms. The van der Waals surface area contributed by atoms with E-state index in [4.69, 9.17) is 4.74 Å². The van der Waals surface area contributed by atoms with Gasteiger partial charge in [-0.15, -0.1) is 0 Å². The topological polar surface area (TPSA) is 67.4 Å². The molecule has 1 saturated carbocycles. The summed E-state index contributed by atoms with van der Waals surface area (Å²) in [6.45, 7) is 4.37. The van der Waals surface area contributed by atoms with Gasteiger partial charge in [-0.2, -0.15) is 0 Å². The standard InChI is InChI=1S/C22H25FN2O3/c1-14(2)28-18-9-7-17(8-10-18)25-22(27)20-13-19(20)21(26)24-12-11-15-3-5-16(23)6-4-15/h3-10,14,19-20H,11-13H2,1-2H3,(H,24,26)(H,25,27). The maximum atomic E-state index is 12.9. The highest BCUT2D eigenvalue weighted by Crippen LogP contribution is 2.39. The Bertz CT molecular complexity index is 819. The van der Waals surface area contributed by atoms with Crippen LogP contribution in [-0.4, -0.2) is 24.5 Å². The minimum Gasteiger partial charge on any atom is -0.491 e. The predicted octanol–water partition coefficient (Wildman–Crippen LogP) is 3.55. The molecule has 0 radical (unpaired) electrons. The van der Waals surface area contributed by atoms with E-state index in [1.54, 1.807) is 24.3 Å². The number of rotatable bonds is 8. The van der Waals surface area contributed by atoms with E-state index in [0.717, 1.165) is 11.3 Å². The Labute approximate surface area is 164 Å². The van der Waals surface area contributed by atoms with Crippen LogP contribution in [0.1, 0.15) is 25.8 Å². The Morgan fingerprint density at radius 1 is 1.04 bits per heavy atom. The highest BCUT2D eigenvalue weighted by molar-refractivity contribution is 5.99. The maximum Gasteiger partial charge on any atom is 0.228 e. The lowest BCUT2D eigenvalue weighted by atomic mass is 10.1. The average Bonchev–Trinajstić information content (AvgIpc) is 3.45. The van der Waals surface area contributed by atoms with E-state index in [2.05, 4.69) is 10.6 Å². The van der Waals surface area contributed by atoms with Gasteiger partial charge in [-0.05, 0) is 68.7 Å². The van der Waals surface area contributed by atoms with E-state index < -0.39 is 0 Å². The van der Waals surface area contributed by atoms with E-state index in [-0.39, 0.29) is 35.6 Å². The van der Waals surface area contributed by atoms with Crippen molar-refractivity contribution in [3.05, 3.63) is 59.9 Å². The molecule has 2 aromatic rings. The van der Waals surface area contributed by atoms with Gasteiger partial charge >= 0.3 is 0 Å². The lowest BCUT2D eigenvalue weighted by Gasteiger charge is -2.10. The smallest absolute Gasteiger partial charge is 0.228 e. The summed E-state index contributed by atoms with van der Waals surface area (Å²) in [5.74, 6) is -0.354. The van der Waals surface area contributed by atoms with Crippen LogP contribution in [0.15, 0.2) is 48.5 Å². The summed E-state index contributed by atoms with van der Waals surface area (Å²) in [5, 5.41) is 5.70. The molecule has 2 unspecified atom stereocenters. The predicted molar refractivity (Wildman–Crippen MR) is 106 cm³/mol. The van der Waals surface area contributed by atoms with Gasteiger partial charge in [0.25, 0.3) is 0 Å². The Kier molecular flexibility index (Phi) is 6.29. The fraction of sp³-hybridized carbons (Fsp3) is 0.364. The summed E-state index contributed by atoms with van der Waals surface area (Å²) >= 11 is 0. The van der Waals surface area contributed by atoms with E-state index >= 15 is 0 Å². The van der Waals surface area contributed by atoms with Crippen LogP contribution >= 0.6 is 0 Å². The molecule has 3 rings (SSSR count). The Hall–Kier alpha value is -2.89. The number of carbonyl (C=O) groups is 2. The van der Waals surface area contributed by atoms with Crippen molar-refractivity contribution >= 4 is 17.5 Å². The van der Waals surface area contributed by atoms with E-state index in [1.807, 2.05) is 26.0 Å². The number of carbonyl (C=O) groups excluding carboxylic acids is 2. The normalized spacial score (nSPS) is 17.9. The minimum atomic E-state index is -0.294. The Morgan fingerprint density at radius 3 is 2.32 bits per heavy atom. The summed E-state index contributed by atoms with van der Waals surface area (Å²) in [7, 11) is 0. The number of hydrogen-bond donors (Lipinski definition) is 2. The average molecular weight is 384 g/mol. The van der Waals surface area contributed by atoms with Crippen molar-refractivity contribution in [1.29, 1.82) is 0 Å². The summed E-state index contributed by atoms with van der Waals surface area (Å²) in [5.41, 5.74) is 1.64. The van der Waals surface area contributed by atoms with Gasteiger partial charge in [0.2, 0.25) is 11.8 Å². The molecule has 2 atom stereocenters. The van der Waals surface area contributed by atoms with Crippen molar-refractivity contribution in [3.8, 4) is 5.75 Å². The zero-order valence-electron chi connectivity index (χ0n) is 16.1. The quantitative estimate of drug-likeness (QED) is 0.731. The van der Waals surface area contributed by atoms with Gasteiger partial charge in [0.1, 0.15) is 11.6 Å². The van der Waals surface area contributed by atoms with E-state index in [0.29, 0.717) is 25.1 Å². The zero-order valence-corrected chi connectivity index (χ0v) is 16.1. The molecular formula is C22H25FN2O3.